The van der Waals surface area contributed by atoms with Crippen LogP contribution in [0.25, 0.3) is 0 Å². The van der Waals surface area contributed by atoms with Crippen molar-refractivity contribution in [1.82, 2.24) is 4.72 Å². The highest BCUT2D eigenvalue weighted by Crippen LogP contribution is 2.06. The van der Waals surface area contributed by atoms with Crippen molar-refractivity contribution >= 4 is 10.0 Å². The summed E-state index contributed by atoms with van der Waals surface area (Å²) in [5.74, 6) is -0.442. The zero-order valence-electron chi connectivity index (χ0n) is 11.5. The van der Waals surface area contributed by atoms with E-state index in [1.54, 1.807) is 25.3 Å². The maximum absolute atomic E-state index is 13.3. The van der Waals surface area contributed by atoms with Crippen LogP contribution in [-0.4, -0.2) is 47.6 Å². The SMILES string of the molecule is COCCOCCS(=O)(=O)NCCc1ccccc1F. The molecule has 0 saturated carbocycles. The molecule has 0 saturated heterocycles. The fourth-order valence-electron chi connectivity index (χ4n) is 1.53. The molecule has 1 aromatic rings. The number of halogens is 1. The standard InChI is InChI=1S/C13H20FNO4S/c1-18-8-9-19-10-11-20(16,17)15-7-6-12-4-2-3-5-13(12)14/h2-5,15H,6-11H2,1H3. The van der Waals surface area contributed by atoms with Crippen molar-refractivity contribution < 1.29 is 22.3 Å². The summed E-state index contributed by atoms with van der Waals surface area (Å²) in [6.07, 6.45) is 0.316. The van der Waals surface area contributed by atoms with Crippen LogP contribution < -0.4 is 4.72 Å². The van der Waals surface area contributed by atoms with Crippen molar-refractivity contribution in [2.75, 3.05) is 39.2 Å². The summed E-state index contributed by atoms with van der Waals surface area (Å²) in [5, 5.41) is 0. The molecular weight excluding hydrogens is 285 g/mol. The molecular formula is C13H20FNO4S. The summed E-state index contributed by atoms with van der Waals surface area (Å²) in [7, 11) is -1.84. The highest BCUT2D eigenvalue weighted by Gasteiger charge is 2.10. The van der Waals surface area contributed by atoms with E-state index in [-0.39, 0.29) is 24.7 Å². The first-order valence-electron chi connectivity index (χ1n) is 6.32. The Balaban J connectivity index is 2.24. The molecule has 0 radical (unpaired) electrons. The van der Waals surface area contributed by atoms with Gasteiger partial charge in [0.25, 0.3) is 0 Å². The Bertz CT molecular complexity index is 493. The first kappa shape index (κ1) is 17.0. The van der Waals surface area contributed by atoms with Crippen molar-refractivity contribution in [3.63, 3.8) is 0 Å². The van der Waals surface area contributed by atoms with Gasteiger partial charge in [-0.1, -0.05) is 18.2 Å². The van der Waals surface area contributed by atoms with E-state index in [9.17, 15) is 12.8 Å². The minimum Gasteiger partial charge on any atom is -0.382 e. The van der Waals surface area contributed by atoms with E-state index in [0.29, 0.717) is 25.2 Å². The molecule has 0 unspecified atom stereocenters. The summed E-state index contributed by atoms with van der Waals surface area (Å²) in [6.45, 7) is 1.07. The quantitative estimate of drug-likeness (QED) is 0.654. The Morgan fingerprint density at radius 1 is 1.20 bits per heavy atom. The highest BCUT2D eigenvalue weighted by molar-refractivity contribution is 7.89. The number of nitrogens with one attached hydrogen (secondary N) is 1. The Hall–Kier alpha value is -1.02. The smallest absolute Gasteiger partial charge is 0.213 e. The average molecular weight is 305 g/mol. The third kappa shape index (κ3) is 6.95. The van der Waals surface area contributed by atoms with Gasteiger partial charge < -0.3 is 9.47 Å². The summed E-state index contributed by atoms with van der Waals surface area (Å²) in [6, 6.07) is 6.31. The first-order valence-corrected chi connectivity index (χ1v) is 7.98. The third-order valence-corrected chi connectivity index (χ3v) is 3.95. The molecule has 1 aromatic carbocycles. The maximum atomic E-state index is 13.3. The topological polar surface area (TPSA) is 64.6 Å². The van der Waals surface area contributed by atoms with Gasteiger partial charge in [0.15, 0.2) is 0 Å². The van der Waals surface area contributed by atoms with E-state index < -0.39 is 10.0 Å². The second-order valence-electron chi connectivity index (χ2n) is 4.16. The Kier molecular flexibility index (Phi) is 7.68. The van der Waals surface area contributed by atoms with Crippen LogP contribution in [0.2, 0.25) is 0 Å². The van der Waals surface area contributed by atoms with E-state index in [2.05, 4.69) is 4.72 Å². The molecule has 0 aliphatic heterocycles. The van der Waals surface area contributed by atoms with Crippen LogP contribution in [-0.2, 0) is 25.9 Å². The maximum Gasteiger partial charge on any atom is 0.213 e. The summed E-state index contributed by atoms with van der Waals surface area (Å²) >= 11 is 0. The molecule has 0 amide bonds. The van der Waals surface area contributed by atoms with Crippen LogP contribution >= 0.6 is 0 Å². The van der Waals surface area contributed by atoms with Gasteiger partial charge in [-0.05, 0) is 18.1 Å². The largest absolute Gasteiger partial charge is 0.382 e. The van der Waals surface area contributed by atoms with Crippen LogP contribution in [0.3, 0.4) is 0 Å². The number of hydrogen-bond donors (Lipinski definition) is 1. The lowest BCUT2D eigenvalue weighted by Crippen LogP contribution is -2.30. The number of ether oxygens (including phenoxy) is 2. The Labute approximate surface area is 119 Å². The first-order chi connectivity index (χ1) is 9.55. The number of hydrogen-bond acceptors (Lipinski definition) is 4. The zero-order chi connectivity index (χ0) is 14.8. The molecule has 20 heavy (non-hydrogen) atoms. The molecule has 5 nitrogen and oxygen atoms in total. The van der Waals surface area contributed by atoms with Gasteiger partial charge in [-0.25, -0.2) is 17.5 Å². The molecule has 1 rings (SSSR count). The fourth-order valence-corrected chi connectivity index (χ4v) is 2.42. The molecule has 0 bridgehead atoms. The van der Waals surface area contributed by atoms with Crippen molar-refractivity contribution in [1.29, 1.82) is 0 Å². The van der Waals surface area contributed by atoms with Crippen molar-refractivity contribution in [3.8, 4) is 0 Å². The summed E-state index contributed by atoms with van der Waals surface area (Å²) in [4.78, 5) is 0. The zero-order valence-corrected chi connectivity index (χ0v) is 12.3. The summed E-state index contributed by atoms with van der Waals surface area (Å²) in [5.41, 5.74) is 0.492. The van der Waals surface area contributed by atoms with E-state index in [0.717, 1.165) is 0 Å². The molecule has 0 spiro atoms. The number of methoxy groups -OCH3 is 1. The van der Waals surface area contributed by atoms with Gasteiger partial charge in [-0.15, -0.1) is 0 Å². The fraction of sp³-hybridized carbons (Fsp3) is 0.538. The van der Waals surface area contributed by atoms with E-state index >= 15 is 0 Å². The van der Waals surface area contributed by atoms with Gasteiger partial charge in [-0.3, -0.25) is 0 Å². The Morgan fingerprint density at radius 3 is 2.65 bits per heavy atom. The molecule has 0 fully saturated rings. The predicted molar refractivity (Wildman–Crippen MR) is 74.6 cm³/mol. The second-order valence-corrected chi connectivity index (χ2v) is 6.09. The average Bonchev–Trinajstić information content (AvgIpc) is 2.40. The van der Waals surface area contributed by atoms with Crippen molar-refractivity contribution in [2.45, 2.75) is 6.42 Å². The second kappa shape index (κ2) is 9.02. The van der Waals surface area contributed by atoms with Gasteiger partial charge in [0.1, 0.15) is 5.82 Å². The van der Waals surface area contributed by atoms with Gasteiger partial charge in [0, 0.05) is 13.7 Å². The lowest BCUT2D eigenvalue weighted by molar-refractivity contribution is 0.0784. The minimum absolute atomic E-state index is 0.110. The number of rotatable bonds is 10. The summed E-state index contributed by atoms with van der Waals surface area (Å²) < 4.78 is 48.8. The lowest BCUT2D eigenvalue weighted by Gasteiger charge is -2.08. The van der Waals surface area contributed by atoms with Gasteiger partial charge in [0.05, 0.1) is 25.6 Å². The molecule has 114 valence electrons. The normalized spacial score (nSPS) is 11.7. The molecule has 0 aliphatic carbocycles. The van der Waals surface area contributed by atoms with Crippen LogP contribution in [0, 0.1) is 5.82 Å². The van der Waals surface area contributed by atoms with Crippen LogP contribution in [0.1, 0.15) is 5.56 Å². The van der Waals surface area contributed by atoms with Gasteiger partial charge >= 0.3 is 0 Å². The molecule has 0 aliphatic rings. The van der Waals surface area contributed by atoms with Crippen molar-refractivity contribution in [2.24, 2.45) is 0 Å². The molecule has 7 heteroatoms. The Morgan fingerprint density at radius 2 is 1.95 bits per heavy atom. The predicted octanol–water partition coefficient (Wildman–Crippen LogP) is 0.951. The van der Waals surface area contributed by atoms with Crippen LogP contribution in [0.5, 0.6) is 0 Å². The van der Waals surface area contributed by atoms with Gasteiger partial charge in [0.2, 0.25) is 10.0 Å². The monoisotopic (exact) mass is 305 g/mol. The molecule has 0 heterocycles. The van der Waals surface area contributed by atoms with Gasteiger partial charge in [-0.2, -0.15) is 0 Å². The molecule has 0 atom stereocenters. The highest BCUT2D eigenvalue weighted by atomic mass is 32.2. The van der Waals surface area contributed by atoms with E-state index in [1.165, 1.54) is 6.07 Å². The minimum atomic E-state index is -3.39. The van der Waals surface area contributed by atoms with Crippen LogP contribution in [0.15, 0.2) is 24.3 Å². The molecule has 0 aromatic heterocycles. The lowest BCUT2D eigenvalue weighted by atomic mass is 10.1. The number of benzene rings is 1. The van der Waals surface area contributed by atoms with E-state index in [4.69, 9.17) is 9.47 Å². The third-order valence-electron chi connectivity index (χ3n) is 2.60. The van der Waals surface area contributed by atoms with Crippen LogP contribution in [0.4, 0.5) is 4.39 Å². The van der Waals surface area contributed by atoms with Crippen molar-refractivity contribution in [3.05, 3.63) is 35.6 Å². The molecule has 1 N–H and O–H groups in total. The van der Waals surface area contributed by atoms with E-state index in [1.807, 2.05) is 0 Å². The number of sulfonamides is 1.